The molecular weight excluding hydrogens is 410 g/mol. The van der Waals surface area contributed by atoms with Crippen LogP contribution in [0.3, 0.4) is 0 Å². The Hall–Kier alpha value is -2.34. The van der Waals surface area contributed by atoms with Gasteiger partial charge in [0.15, 0.2) is 0 Å². The summed E-state index contributed by atoms with van der Waals surface area (Å²) in [4.78, 5) is 24.8. The summed E-state index contributed by atoms with van der Waals surface area (Å²) < 4.78 is 11.6. The van der Waals surface area contributed by atoms with Crippen molar-refractivity contribution in [2.75, 3.05) is 0 Å². The molecule has 0 aliphatic heterocycles. The lowest BCUT2D eigenvalue weighted by atomic mass is 10.1. The van der Waals surface area contributed by atoms with Gasteiger partial charge in [-0.25, -0.2) is 9.59 Å². The van der Waals surface area contributed by atoms with Crippen LogP contribution in [0.5, 0.6) is 0 Å². The first-order valence-electron chi connectivity index (χ1n) is 8.67. The molecule has 1 amide bonds. The lowest BCUT2D eigenvalue weighted by Crippen LogP contribution is -2.45. The first-order chi connectivity index (χ1) is 12.7. The zero-order chi connectivity index (χ0) is 19.9. The second-order valence-corrected chi connectivity index (χ2v) is 8.04. The molecule has 0 heterocycles. The number of halogens is 1. The van der Waals surface area contributed by atoms with Crippen molar-refractivity contribution in [3.05, 3.63) is 70.2 Å². The molecule has 0 saturated heterocycles. The molecule has 0 bridgehead atoms. The van der Waals surface area contributed by atoms with Crippen molar-refractivity contribution in [3.8, 4) is 0 Å². The number of benzene rings is 2. The van der Waals surface area contributed by atoms with Gasteiger partial charge in [-0.15, -0.1) is 0 Å². The molecule has 0 aliphatic carbocycles. The highest BCUT2D eigenvalue weighted by Gasteiger charge is 2.26. The van der Waals surface area contributed by atoms with E-state index in [1.54, 1.807) is 20.8 Å². The third-order valence-corrected chi connectivity index (χ3v) is 4.02. The number of hydrogen-bond acceptors (Lipinski definition) is 4. The molecule has 2 rings (SSSR count). The molecule has 0 spiro atoms. The minimum Gasteiger partial charge on any atom is -0.459 e. The highest BCUT2D eigenvalue weighted by Crippen LogP contribution is 2.15. The average Bonchev–Trinajstić information content (AvgIpc) is 2.58. The lowest BCUT2D eigenvalue weighted by Gasteiger charge is -2.23. The van der Waals surface area contributed by atoms with Crippen LogP contribution in [-0.2, 0) is 27.3 Å². The zero-order valence-electron chi connectivity index (χ0n) is 15.7. The van der Waals surface area contributed by atoms with Crippen LogP contribution < -0.4 is 5.32 Å². The summed E-state index contributed by atoms with van der Waals surface area (Å²) in [6, 6.07) is 16.1. The summed E-state index contributed by atoms with van der Waals surface area (Å²) in [5, 5.41) is 2.63. The third-order valence-electron chi connectivity index (χ3n) is 3.53. The van der Waals surface area contributed by atoms with E-state index in [-0.39, 0.29) is 6.61 Å². The van der Waals surface area contributed by atoms with E-state index >= 15 is 0 Å². The molecule has 1 N–H and O–H groups in total. The SMILES string of the molecule is CC(C)(C)OC(=O)N[C@@H](Cc1cccc(Br)c1)C(=O)OCc1ccccc1. The predicted octanol–water partition coefficient (Wildman–Crippen LogP) is 4.63. The van der Waals surface area contributed by atoms with E-state index in [4.69, 9.17) is 9.47 Å². The van der Waals surface area contributed by atoms with Crippen molar-refractivity contribution >= 4 is 28.0 Å². The number of carbonyl (C=O) groups is 2. The number of carbonyl (C=O) groups excluding carboxylic acids is 2. The first-order valence-corrected chi connectivity index (χ1v) is 9.47. The van der Waals surface area contributed by atoms with Gasteiger partial charge < -0.3 is 14.8 Å². The normalized spacial score (nSPS) is 12.1. The quantitative estimate of drug-likeness (QED) is 0.674. The van der Waals surface area contributed by atoms with Crippen LogP contribution in [0.1, 0.15) is 31.9 Å². The van der Waals surface area contributed by atoms with Crippen molar-refractivity contribution in [1.29, 1.82) is 0 Å². The number of ether oxygens (including phenoxy) is 2. The van der Waals surface area contributed by atoms with Gasteiger partial charge in [0.25, 0.3) is 0 Å². The molecule has 5 nitrogen and oxygen atoms in total. The van der Waals surface area contributed by atoms with Crippen molar-refractivity contribution in [2.45, 2.75) is 45.4 Å². The smallest absolute Gasteiger partial charge is 0.408 e. The Labute approximate surface area is 168 Å². The number of nitrogens with one attached hydrogen (secondary N) is 1. The lowest BCUT2D eigenvalue weighted by molar-refractivity contribution is -0.147. The Morgan fingerprint density at radius 2 is 1.70 bits per heavy atom. The maximum Gasteiger partial charge on any atom is 0.408 e. The molecule has 2 aromatic rings. The second kappa shape index (κ2) is 9.55. The van der Waals surface area contributed by atoms with Crippen LogP contribution >= 0.6 is 15.9 Å². The molecule has 0 saturated carbocycles. The summed E-state index contributed by atoms with van der Waals surface area (Å²) in [7, 11) is 0. The number of esters is 1. The van der Waals surface area contributed by atoms with Gasteiger partial charge in [-0.2, -0.15) is 0 Å². The Balaban J connectivity index is 2.07. The molecule has 27 heavy (non-hydrogen) atoms. The van der Waals surface area contributed by atoms with E-state index in [1.807, 2.05) is 54.6 Å². The fourth-order valence-electron chi connectivity index (χ4n) is 2.37. The van der Waals surface area contributed by atoms with E-state index in [0.29, 0.717) is 6.42 Å². The highest BCUT2D eigenvalue weighted by atomic mass is 79.9. The zero-order valence-corrected chi connectivity index (χ0v) is 17.3. The summed E-state index contributed by atoms with van der Waals surface area (Å²) in [6.45, 7) is 5.45. The van der Waals surface area contributed by atoms with E-state index in [0.717, 1.165) is 15.6 Å². The number of alkyl carbamates (subject to hydrolysis) is 1. The van der Waals surface area contributed by atoms with Gasteiger partial charge in [-0.3, -0.25) is 0 Å². The maximum absolute atomic E-state index is 12.6. The van der Waals surface area contributed by atoms with Gasteiger partial charge in [-0.05, 0) is 44.0 Å². The first kappa shape index (κ1) is 21.0. The molecule has 0 aromatic heterocycles. The molecule has 1 atom stereocenters. The Kier molecular flexibility index (Phi) is 7.42. The molecule has 0 aliphatic rings. The van der Waals surface area contributed by atoms with Gasteiger partial charge in [0.05, 0.1) is 0 Å². The summed E-state index contributed by atoms with van der Waals surface area (Å²) in [5.41, 5.74) is 1.12. The number of hydrogen-bond donors (Lipinski definition) is 1. The molecule has 0 unspecified atom stereocenters. The fourth-order valence-corrected chi connectivity index (χ4v) is 2.82. The fraction of sp³-hybridized carbons (Fsp3) is 0.333. The standard InChI is InChI=1S/C21H24BrNO4/c1-21(2,3)27-20(25)23-18(13-16-10-7-11-17(22)12-16)19(24)26-14-15-8-5-4-6-9-15/h4-12,18H,13-14H2,1-3H3,(H,23,25)/t18-/m0/s1. The van der Waals surface area contributed by atoms with Crippen LogP contribution in [0.15, 0.2) is 59.1 Å². The largest absolute Gasteiger partial charge is 0.459 e. The molecule has 6 heteroatoms. The second-order valence-electron chi connectivity index (χ2n) is 7.13. The van der Waals surface area contributed by atoms with Gasteiger partial charge >= 0.3 is 12.1 Å². The van der Waals surface area contributed by atoms with E-state index in [1.165, 1.54) is 0 Å². The van der Waals surface area contributed by atoms with Crippen LogP contribution in [0.4, 0.5) is 4.79 Å². The maximum atomic E-state index is 12.6. The molecule has 0 radical (unpaired) electrons. The van der Waals surface area contributed by atoms with Crippen molar-refractivity contribution < 1.29 is 19.1 Å². The van der Waals surface area contributed by atoms with Crippen LogP contribution in [-0.4, -0.2) is 23.7 Å². The highest BCUT2D eigenvalue weighted by molar-refractivity contribution is 9.10. The summed E-state index contributed by atoms with van der Waals surface area (Å²) in [5.74, 6) is -0.510. The van der Waals surface area contributed by atoms with E-state index in [9.17, 15) is 9.59 Å². The van der Waals surface area contributed by atoms with Crippen molar-refractivity contribution in [2.24, 2.45) is 0 Å². The Morgan fingerprint density at radius 3 is 2.33 bits per heavy atom. The van der Waals surface area contributed by atoms with Crippen LogP contribution in [0.25, 0.3) is 0 Å². The summed E-state index contributed by atoms with van der Waals surface area (Å²) in [6.07, 6.45) is -0.356. The molecule has 0 fully saturated rings. The van der Waals surface area contributed by atoms with Gasteiger partial charge in [0.2, 0.25) is 0 Å². The average molecular weight is 434 g/mol. The van der Waals surface area contributed by atoms with Crippen molar-refractivity contribution in [1.82, 2.24) is 5.32 Å². The minimum atomic E-state index is -0.849. The Morgan fingerprint density at radius 1 is 1.04 bits per heavy atom. The monoisotopic (exact) mass is 433 g/mol. The predicted molar refractivity (Wildman–Crippen MR) is 107 cm³/mol. The topological polar surface area (TPSA) is 64.6 Å². The minimum absolute atomic E-state index is 0.144. The molecular formula is C21H24BrNO4. The molecule has 144 valence electrons. The van der Waals surface area contributed by atoms with Gasteiger partial charge in [0.1, 0.15) is 18.2 Å². The van der Waals surface area contributed by atoms with Crippen LogP contribution in [0.2, 0.25) is 0 Å². The summed E-state index contributed by atoms with van der Waals surface area (Å²) >= 11 is 3.41. The van der Waals surface area contributed by atoms with E-state index in [2.05, 4.69) is 21.2 Å². The van der Waals surface area contributed by atoms with Gasteiger partial charge in [0, 0.05) is 10.9 Å². The van der Waals surface area contributed by atoms with E-state index < -0.39 is 23.7 Å². The van der Waals surface area contributed by atoms with Crippen LogP contribution in [0, 0.1) is 0 Å². The third kappa shape index (κ3) is 7.83. The number of rotatable bonds is 6. The molecule has 2 aromatic carbocycles. The Bertz CT molecular complexity index is 771. The van der Waals surface area contributed by atoms with Crippen molar-refractivity contribution in [3.63, 3.8) is 0 Å². The van der Waals surface area contributed by atoms with Gasteiger partial charge in [-0.1, -0.05) is 58.4 Å². The number of amides is 1.